The van der Waals surface area contributed by atoms with Crippen molar-refractivity contribution in [3.8, 4) is 0 Å². The van der Waals surface area contributed by atoms with E-state index in [4.69, 9.17) is 4.74 Å². The standard InChI is InChI=1S/C22H27NO2.ClH/c1-17(2)22(24)25-14-13-23(15-20-9-5-18(3)6-10-20)16-21-11-7-19(4)8-12-21;/h5-12H,1,13-16H2,2-4H3;1H. The van der Waals surface area contributed by atoms with Gasteiger partial charge in [-0.3, -0.25) is 4.90 Å². The van der Waals surface area contributed by atoms with Crippen molar-refractivity contribution in [1.29, 1.82) is 0 Å². The van der Waals surface area contributed by atoms with Crippen molar-refractivity contribution in [1.82, 2.24) is 4.90 Å². The first-order chi connectivity index (χ1) is 11.9. The van der Waals surface area contributed by atoms with Gasteiger partial charge in [-0.1, -0.05) is 66.2 Å². The minimum atomic E-state index is -0.328. The summed E-state index contributed by atoms with van der Waals surface area (Å²) in [7, 11) is 0. The molecule has 0 fully saturated rings. The van der Waals surface area contributed by atoms with E-state index in [1.165, 1.54) is 22.3 Å². The summed E-state index contributed by atoms with van der Waals surface area (Å²) in [5, 5.41) is 0. The highest BCUT2D eigenvalue weighted by atomic mass is 35.5. The molecule has 0 spiro atoms. The zero-order valence-corrected chi connectivity index (χ0v) is 16.6. The Labute approximate surface area is 163 Å². The molecule has 0 aliphatic carbocycles. The minimum Gasteiger partial charge on any atom is -0.461 e. The van der Waals surface area contributed by atoms with Crippen LogP contribution in [0.25, 0.3) is 0 Å². The van der Waals surface area contributed by atoms with Gasteiger partial charge in [-0.05, 0) is 31.9 Å². The van der Waals surface area contributed by atoms with E-state index in [2.05, 4.69) is 73.9 Å². The van der Waals surface area contributed by atoms with Gasteiger partial charge in [0, 0.05) is 25.2 Å². The normalized spacial score (nSPS) is 10.3. The lowest BCUT2D eigenvalue weighted by Crippen LogP contribution is -2.28. The number of hydrogen-bond donors (Lipinski definition) is 0. The van der Waals surface area contributed by atoms with Crippen LogP contribution in [0.2, 0.25) is 0 Å². The summed E-state index contributed by atoms with van der Waals surface area (Å²) in [6.07, 6.45) is 0. The Morgan fingerprint density at radius 3 is 1.73 bits per heavy atom. The van der Waals surface area contributed by atoms with Crippen molar-refractivity contribution in [2.24, 2.45) is 0 Å². The Morgan fingerprint density at radius 2 is 1.35 bits per heavy atom. The molecule has 2 aromatic rings. The highest BCUT2D eigenvalue weighted by Gasteiger charge is 2.10. The maximum Gasteiger partial charge on any atom is 0.333 e. The summed E-state index contributed by atoms with van der Waals surface area (Å²) in [4.78, 5) is 13.9. The monoisotopic (exact) mass is 373 g/mol. The van der Waals surface area contributed by atoms with Gasteiger partial charge >= 0.3 is 5.97 Å². The van der Waals surface area contributed by atoms with E-state index < -0.39 is 0 Å². The topological polar surface area (TPSA) is 29.5 Å². The number of hydrogen-bond acceptors (Lipinski definition) is 3. The number of rotatable bonds is 8. The Balaban J connectivity index is 0.00000338. The SMILES string of the molecule is C=C(C)C(=O)OCCN(Cc1ccc(C)cc1)Cc1ccc(C)cc1.Cl. The number of carbonyl (C=O) groups excluding carboxylic acids is 1. The van der Waals surface area contributed by atoms with E-state index in [0.29, 0.717) is 18.7 Å². The van der Waals surface area contributed by atoms with Gasteiger partial charge in [0.1, 0.15) is 6.61 Å². The lowest BCUT2D eigenvalue weighted by atomic mass is 10.1. The van der Waals surface area contributed by atoms with Gasteiger partial charge < -0.3 is 4.74 Å². The van der Waals surface area contributed by atoms with Crippen molar-refractivity contribution in [3.05, 3.63) is 82.9 Å². The zero-order chi connectivity index (χ0) is 18.2. The van der Waals surface area contributed by atoms with Crippen molar-refractivity contribution in [3.63, 3.8) is 0 Å². The number of nitrogens with zero attached hydrogens (tertiary/aromatic N) is 1. The summed E-state index contributed by atoms with van der Waals surface area (Å²) in [5.74, 6) is -0.328. The summed E-state index contributed by atoms with van der Waals surface area (Å²) in [6, 6.07) is 17.1. The van der Waals surface area contributed by atoms with Crippen LogP contribution in [0.3, 0.4) is 0 Å². The average Bonchev–Trinajstić information content (AvgIpc) is 2.58. The molecule has 0 saturated heterocycles. The molecule has 0 heterocycles. The molecule has 0 aromatic heterocycles. The smallest absolute Gasteiger partial charge is 0.333 e. The molecule has 0 amide bonds. The lowest BCUT2D eigenvalue weighted by Gasteiger charge is -2.22. The molecule has 0 radical (unpaired) electrons. The third-order valence-electron chi connectivity index (χ3n) is 4.04. The van der Waals surface area contributed by atoms with Crippen LogP contribution in [0, 0.1) is 13.8 Å². The molecule has 4 heteroatoms. The first-order valence-corrected chi connectivity index (χ1v) is 8.60. The Hall–Kier alpha value is -2.10. The van der Waals surface area contributed by atoms with E-state index in [1.54, 1.807) is 6.92 Å². The molecule has 0 atom stereocenters. The molecule has 26 heavy (non-hydrogen) atoms. The Morgan fingerprint density at radius 1 is 0.923 bits per heavy atom. The highest BCUT2D eigenvalue weighted by Crippen LogP contribution is 2.12. The summed E-state index contributed by atoms with van der Waals surface area (Å²) < 4.78 is 5.27. The number of esters is 1. The second-order valence-corrected chi connectivity index (χ2v) is 6.60. The van der Waals surface area contributed by atoms with E-state index >= 15 is 0 Å². The first kappa shape index (κ1) is 21.9. The minimum absolute atomic E-state index is 0. The van der Waals surface area contributed by atoms with Gasteiger partial charge in [0.05, 0.1) is 0 Å². The molecule has 0 bridgehead atoms. The van der Waals surface area contributed by atoms with Crippen molar-refractivity contribution >= 4 is 18.4 Å². The van der Waals surface area contributed by atoms with Crippen molar-refractivity contribution in [2.75, 3.05) is 13.2 Å². The molecule has 140 valence electrons. The van der Waals surface area contributed by atoms with E-state index in [0.717, 1.165) is 13.1 Å². The van der Waals surface area contributed by atoms with Crippen LogP contribution in [-0.2, 0) is 22.6 Å². The Bertz CT molecular complexity index is 660. The third kappa shape index (κ3) is 7.42. The molecular formula is C22H28ClNO2. The number of ether oxygens (including phenoxy) is 1. The molecule has 0 saturated carbocycles. The molecular weight excluding hydrogens is 346 g/mol. The first-order valence-electron chi connectivity index (χ1n) is 8.60. The molecule has 2 rings (SSSR count). The van der Waals surface area contributed by atoms with Crippen molar-refractivity contribution < 1.29 is 9.53 Å². The second kappa shape index (κ2) is 10.8. The number of carbonyl (C=O) groups is 1. The van der Waals surface area contributed by atoms with Crippen LogP contribution < -0.4 is 0 Å². The quantitative estimate of drug-likeness (QED) is 0.489. The largest absolute Gasteiger partial charge is 0.461 e. The summed E-state index contributed by atoms with van der Waals surface area (Å²) in [5.41, 5.74) is 5.45. The van der Waals surface area contributed by atoms with Gasteiger partial charge in [0.25, 0.3) is 0 Å². The van der Waals surface area contributed by atoms with Crippen LogP contribution in [-0.4, -0.2) is 24.0 Å². The van der Waals surface area contributed by atoms with Crippen LogP contribution in [0.5, 0.6) is 0 Å². The van der Waals surface area contributed by atoms with Gasteiger partial charge in [0.15, 0.2) is 0 Å². The van der Waals surface area contributed by atoms with Gasteiger partial charge in [-0.2, -0.15) is 0 Å². The van der Waals surface area contributed by atoms with Crippen LogP contribution in [0.4, 0.5) is 0 Å². The molecule has 2 aromatic carbocycles. The van der Waals surface area contributed by atoms with Crippen LogP contribution in [0.1, 0.15) is 29.2 Å². The fourth-order valence-corrected chi connectivity index (χ4v) is 2.51. The maximum atomic E-state index is 11.6. The summed E-state index contributed by atoms with van der Waals surface area (Å²) >= 11 is 0. The lowest BCUT2D eigenvalue weighted by molar-refractivity contribution is -0.139. The number of aryl methyl sites for hydroxylation is 2. The zero-order valence-electron chi connectivity index (χ0n) is 15.8. The van der Waals surface area contributed by atoms with Gasteiger partial charge in [0.2, 0.25) is 0 Å². The number of halogens is 1. The molecule has 0 unspecified atom stereocenters. The van der Waals surface area contributed by atoms with Crippen LogP contribution >= 0.6 is 12.4 Å². The third-order valence-corrected chi connectivity index (χ3v) is 4.04. The fourth-order valence-electron chi connectivity index (χ4n) is 2.51. The summed E-state index contributed by atoms with van der Waals surface area (Å²) in [6.45, 7) is 12.1. The maximum absolute atomic E-state index is 11.6. The predicted molar refractivity (Wildman–Crippen MR) is 109 cm³/mol. The van der Waals surface area contributed by atoms with Gasteiger partial charge in [-0.25, -0.2) is 4.79 Å². The highest BCUT2D eigenvalue weighted by molar-refractivity contribution is 5.86. The fraction of sp³-hybridized carbons (Fsp3) is 0.318. The predicted octanol–water partition coefficient (Wildman–Crippen LogP) is 4.85. The molecule has 0 N–H and O–H groups in total. The number of benzene rings is 2. The average molecular weight is 374 g/mol. The molecule has 0 aliphatic heterocycles. The van der Waals surface area contributed by atoms with Crippen LogP contribution in [0.15, 0.2) is 60.7 Å². The van der Waals surface area contributed by atoms with Gasteiger partial charge in [-0.15, -0.1) is 12.4 Å². The molecule has 0 aliphatic rings. The second-order valence-electron chi connectivity index (χ2n) is 6.60. The Kier molecular flexibility index (Phi) is 9.11. The van der Waals surface area contributed by atoms with E-state index in [9.17, 15) is 4.79 Å². The van der Waals surface area contributed by atoms with E-state index in [-0.39, 0.29) is 18.4 Å². The molecule has 3 nitrogen and oxygen atoms in total. The van der Waals surface area contributed by atoms with Crippen molar-refractivity contribution in [2.45, 2.75) is 33.9 Å². The van der Waals surface area contributed by atoms with E-state index in [1.807, 2.05) is 0 Å².